The molecule has 2 aromatic rings. The lowest BCUT2D eigenvalue weighted by molar-refractivity contribution is -0.157. The molecule has 1 heterocycles. The van der Waals surface area contributed by atoms with E-state index in [1.165, 1.54) is 4.90 Å². The molecule has 1 aliphatic rings. The molecule has 2 aromatic carbocycles. The van der Waals surface area contributed by atoms with Crippen molar-refractivity contribution >= 4 is 30.6 Å². The monoisotopic (exact) mass is 359 g/mol. The number of nitrogens with zero attached hydrogens (tertiary/aromatic N) is 1. The second-order valence-electron chi connectivity index (χ2n) is 5.67. The number of ether oxygens (including phenoxy) is 1. The van der Waals surface area contributed by atoms with Gasteiger partial charge in [-0.1, -0.05) is 54.6 Å². The van der Waals surface area contributed by atoms with Crippen LogP contribution in [-0.2, 0) is 38.7 Å². The van der Waals surface area contributed by atoms with Gasteiger partial charge >= 0.3 is 5.97 Å². The lowest BCUT2D eigenvalue weighted by Gasteiger charge is -2.34. The van der Waals surface area contributed by atoms with Crippen molar-refractivity contribution in [1.29, 1.82) is 0 Å². The van der Waals surface area contributed by atoms with E-state index in [1.807, 2.05) is 54.6 Å². The maximum Gasteiger partial charge on any atom is 0.329 e. The van der Waals surface area contributed by atoms with Gasteiger partial charge in [-0.3, -0.25) is 9.59 Å². The Kier molecular flexibility index (Phi) is 6.31. The topological polar surface area (TPSA) is 63.7 Å². The van der Waals surface area contributed by atoms with E-state index in [-0.39, 0.29) is 31.8 Å². The standard InChI is InChI=1S/C19H17NO4.ClH/c21-12-18(22)20-11-16-9-5-4-8-15(16)10-17(20)19(23)24-13-14-6-2-1-3-7-14;/h1-9,12,17H,10-11,13H2;1H/t17-;/m0./s1. The van der Waals surface area contributed by atoms with Crippen molar-refractivity contribution in [2.45, 2.75) is 25.6 Å². The van der Waals surface area contributed by atoms with Gasteiger partial charge in [0, 0.05) is 13.0 Å². The highest BCUT2D eigenvalue weighted by Gasteiger charge is 2.35. The Balaban J connectivity index is 0.00000225. The zero-order chi connectivity index (χ0) is 16.9. The number of aldehydes is 1. The molecule has 3 rings (SSSR count). The largest absolute Gasteiger partial charge is 0.459 e. The minimum atomic E-state index is -0.777. The lowest BCUT2D eigenvalue weighted by Crippen LogP contribution is -2.49. The van der Waals surface area contributed by atoms with Crippen LogP contribution in [0.25, 0.3) is 0 Å². The maximum atomic E-state index is 12.5. The number of esters is 1. The van der Waals surface area contributed by atoms with Crippen LogP contribution in [0.2, 0.25) is 0 Å². The van der Waals surface area contributed by atoms with Crippen molar-refractivity contribution < 1.29 is 19.1 Å². The quantitative estimate of drug-likeness (QED) is 0.477. The highest BCUT2D eigenvalue weighted by atomic mass is 35.5. The van der Waals surface area contributed by atoms with Gasteiger partial charge in [0.1, 0.15) is 12.6 Å². The first-order chi connectivity index (χ1) is 11.7. The molecule has 0 saturated carbocycles. The van der Waals surface area contributed by atoms with Crippen molar-refractivity contribution in [3.05, 3.63) is 71.3 Å². The van der Waals surface area contributed by atoms with Gasteiger partial charge in [0.25, 0.3) is 5.91 Å². The van der Waals surface area contributed by atoms with Gasteiger partial charge in [-0.15, -0.1) is 12.4 Å². The number of carbonyl (C=O) groups is 3. The molecule has 1 aliphatic heterocycles. The molecule has 1 atom stereocenters. The van der Waals surface area contributed by atoms with E-state index in [4.69, 9.17) is 4.74 Å². The van der Waals surface area contributed by atoms with Crippen LogP contribution in [0, 0.1) is 0 Å². The number of benzene rings is 2. The Bertz CT molecular complexity index is 763. The number of hydrogen-bond donors (Lipinski definition) is 0. The predicted molar refractivity (Wildman–Crippen MR) is 94.0 cm³/mol. The maximum absolute atomic E-state index is 12.5. The molecule has 6 heteroatoms. The van der Waals surface area contributed by atoms with Gasteiger partial charge in [0.15, 0.2) is 0 Å². The Labute approximate surface area is 152 Å². The van der Waals surface area contributed by atoms with Crippen LogP contribution in [-0.4, -0.2) is 29.1 Å². The minimum absolute atomic E-state index is 0. The molecule has 0 radical (unpaired) electrons. The molecular formula is C19H18ClNO4. The second-order valence-corrected chi connectivity index (χ2v) is 5.67. The number of carbonyl (C=O) groups excluding carboxylic acids is 3. The number of fused-ring (bicyclic) bond motifs is 1. The van der Waals surface area contributed by atoms with E-state index >= 15 is 0 Å². The smallest absolute Gasteiger partial charge is 0.329 e. The molecular weight excluding hydrogens is 342 g/mol. The Morgan fingerprint density at radius 3 is 2.36 bits per heavy atom. The second kappa shape index (κ2) is 8.44. The Hall–Kier alpha value is -2.66. The molecule has 1 amide bonds. The van der Waals surface area contributed by atoms with E-state index < -0.39 is 17.9 Å². The summed E-state index contributed by atoms with van der Waals surface area (Å²) in [5, 5.41) is 0. The third kappa shape index (κ3) is 4.25. The summed E-state index contributed by atoms with van der Waals surface area (Å²) in [6.45, 7) is 0.375. The molecule has 0 unspecified atom stereocenters. The van der Waals surface area contributed by atoms with E-state index in [2.05, 4.69) is 0 Å². The number of hydrogen-bond acceptors (Lipinski definition) is 4. The van der Waals surface area contributed by atoms with Crippen LogP contribution in [0.5, 0.6) is 0 Å². The van der Waals surface area contributed by atoms with Gasteiger partial charge in [-0.05, 0) is 16.7 Å². The van der Waals surface area contributed by atoms with Crippen LogP contribution >= 0.6 is 12.4 Å². The van der Waals surface area contributed by atoms with E-state index in [9.17, 15) is 14.4 Å². The first-order valence-corrected chi connectivity index (χ1v) is 7.72. The van der Waals surface area contributed by atoms with Crippen LogP contribution in [0.15, 0.2) is 54.6 Å². The van der Waals surface area contributed by atoms with Crippen molar-refractivity contribution in [3.8, 4) is 0 Å². The number of rotatable bonds is 4. The van der Waals surface area contributed by atoms with Crippen LogP contribution in [0.1, 0.15) is 16.7 Å². The van der Waals surface area contributed by atoms with Crippen molar-refractivity contribution in [2.24, 2.45) is 0 Å². The molecule has 130 valence electrons. The van der Waals surface area contributed by atoms with Gasteiger partial charge in [-0.2, -0.15) is 0 Å². The van der Waals surface area contributed by atoms with Crippen LogP contribution in [0.3, 0.4) is 0 Å². The van der Waals surface area contributed by atoms with Crippen molar-refractivity contribution in [1.82, 2.24) is 4.90 Å². The normalized spacial score (nSPS) is 15.5. The van der Waals surface area contributed by atoms with Crippen LogP contribution < -0.4 is 0 Å². The predicted octanol–water partition coefficient (Wildman–Crippen LogP) is 2.30. The van der Waals surface area contributed by atoms with Crippen molar-refractivity contribution in [3.63, 3.8) is 0 Å². The van der Waals surface area contributed by atoms with Gasteiger partial charge in [-0.25, -0.2) is 4.79 Å². The Morgan fingerprint density at radius 2 is 1.68 bits per heavy atom. The van der Waals surface area contributed by atoms with E-state index in [1.54, 1.807) is 0 Å². The summed E-state index contributed by atoms with van der Waals surface area (Å²) in [5.74, 6) is -1.20. The summed E-state index contributed by atoms with van der Waals surface area (Å²) in [5.41, 5.74) is 2.81. The summed E-state index contributed by atoms with van der Waals surface area (Å²) in [4.78, 5) is 36.6. The van der Waals surface area contributed by atoms with Gasteiger partial charge in [0.05, 0.1) is 0 Å². The van der Waals surface area contributed by atoms with Crippen LogP contribution in [0.4, 0.5) is 0 Å². The Morgan fingerprint density at radius 1 is 1.04 bits per heavy atom. The molecule has 0 aliphatic carbocycles. The number of halogens is 1. The fraction of sp³-hybridized carbons (Fsp3) is 0.211. The van der Waals surface area contributed by atoms with Gasteiger partial charge in [0.2, 0.25) is 6.29 Å². The molecule has 0 aromatic heterocycles. The average Bonchev–Trinajstić information content (AvgIpc) is 2.65. The number of amides is 1. The van der Waals surface area contributed by atoms with E-state index in [0.29, 0.717) is 6.42 Å². The summed E-state index contributed by atoms with van der Waals surface area (Å²) in [6, 6.07) is 16.1. The fourth-order valence-corrected chi connectivity index (χ4v) is 2.86. The molecule has 0 bridgehead atoms. The zero-order valence-corrected chi connectivity index (χ0v) is 14.3. The highest BCUT2D eigenvalue weighted by Crippen LogP contribution is 2.24. The van der Waals surface area contributed by atoms with Gasteiger partial charge < -0.3 is 9.64 Å². The lowest BCUT2D eigenvalue weighted by atomic mass is 9.94. The first kappa shape index (κ1) is 18.7. The summed E-state index contributed by atoms with van der Waals surface area (Å²) < 4.78 is 5.36. The highest BCUT2D eigenvalue weighted by molar-refractivity contribution is 6.24. The fourth-order valence-electron chi connectivity index (χ4n) is 2.86. The molecule has 0 saturated heterocycles. The SMILES string of the molecule is Cl.O=CC(=O)N1Cc2ccccc2C[C@H]1C(=O)OCc1ccccc1. The molecule has 25 heavy (non-hydrogen) atoms. The first-order valence-electron chi connectivity index (χ1n) is 7.72. The molecule has 0 fully saturated rings. The minimum Gasteiger partial charge on any atom is -0.459 e. The molecule has 0 N–H and O–H groups in total. The third-order valence-electron chi connectivity index (χ3n) is 4.13. The molecule has 0 spiro atoms. The third-order valence-corrected chi connectivity index (χ3v) is 4.13. The summed E-state index contributed by atoms with van der Waals surface area (Å²) in [6.07, 6.45) is 0.592. The summed E-state index contributed by atoms with van der Waals surface area (Å²) >= 11 is 0. The zero-order valence-electron chi connectivity index (χ0n) is 13.5. The van der Waals surface area contributed by atoms with E-state index in [0.717, 1.165) is 16.7 Å². The average molecular weight is 360 g/mol. The van der Waals surface area contributed by atoms with Crippen molar-refractivity contribution in [2.75, 3.05) is 0 Å². The molecule has 5 nitrogen and oxygen atoms in total. The summed E-state index contributed by atoms with van der Waals surface area (Å²) in [7, 11) is 0.